The van der Waals surface area contributed by atoms with E-state index in [4.69, 9.17) is 9.47 Å². The number of benzene rings is 2. The second-order valence-electron chi connectivity index (χ2n) is 5.40. The highest BCUT2D eigenvalue weighted by Crippen LogP contribution is 2.30. The molecule has 0 amide bonds. The topological polar surface area (TPSA) is 60.0 Å². The molecule has 2 heterocycles. The first-order valence-electron chi connectivity index (χ1n) is 7.65. The van der Waals surface area contributed by atoms with Crippen molar-refractivity contribution in [3.8, 4) is 28.6 Å². The molecule has 4 rings (SSSR count). The van der Waals surface area contributed by atoms with Crippen LogP contribution in [0.3, 0.4) is 0 Å². The van der Waals surface area contributed by atoms with Crippen molar-refractivity contribution in [3.05, 3.63) is 66.6 Å². The number of halogens is 1. The summed E-state index contributed by atoms with van der Waals surface area (Å²) in [5.41, 5.74) is 1.69. The minimum absolute atomic E-state index is 0.176. The third-order valence-corrected chi connectivity index (χ3v) is 3.82. The number of aromatic amines is 1. The monoisotopic (exact) mass is 335 g/mol. The Hall–Kier alpha value is -3.41. The summed E-state index contributed by atoms with van der Waals surface area (Å²) in [7, 11) is 1.43. The number of nitrogens with one attached hydrogen (secondary N) is 1. The van der Waals surface area contributed by atoms with Gasteiger partial charge in [-0.3, -0.25) is 5.10 Å². The normalized spacial score (nSPS) is 10.8. The molecular formula is C19H14FN3O2. The summed E-state index contributed by atoms with van der Waals surface area (Å²) in [6.45, 7) is 0. The molecule has 0 unspecified atom stereocenters. The molecule has 0 fully saturated rings. The van der Waals surface area contributed by atoms with E-state index in [-0.39, 0.29) is 5.75 Å². The summed E-state index contributed by atoms with van der Waals surface area (Å²) in [5, 5.41) is 7.86. The number of aromatic nitrogens is 3. The van der Waals surface area contributed by atoms with Gasteiger partial charge in [0.15, 0.2) is 11.6 Å². The minimum Gasteiger partial charge on any atom is -0.494 e. The van der Waals surface area contributed by atoms with Crippen LogP contribution in [0.4, 0.5) is 4.39 Å². The van der Waals surface area contributed by atoms with Crippen molar-refractivity contribution in [1.82, 2.24) is 15.2 Å². The lowest BCUT2D eigenvalue weighted by atomic mass is 10.1. The Morgan fingerprint density at radius 3 is 2.80 bits per heavy atom. The van der Waals surface area contributed by atoms with Gasteiger partial charge >= 0.3 is 0 Å². The van der Waals surface area contributed by atoms with E-state index in [9.17, 15) is 4.39 Å². The Morgan fingerprint density at radius 2 is 1.92 bits per heavy atom. The van der Waals surface area contributed by atoms with Crippen LogP contribution in [0.15, 0.2) is 60.8 Å². The molecule has 0 bridgehead atoms. The Kier molecular flexibility index (Phi) is 3.78. The van der Waals surface area contributed by atoms with Gasteiger partial charge in [0.1, 0.15) is 5.75 Å². The van der Waals surface area contributed by atoms with Crippen LogP contribution >= 0.6 is 0 Å². The quantitative estimate of drug-likeness (QED) is 0.594. The first-order chi connectivity index (χ1) is 12.2. The predicted molar refractivity (Wildman–Crippen MR) is 92.4 cm³/mol. The van der Waals surface area contributed by atoms with Gasteiger partial charge in [-0.05, 0) is 30.3 Å². The molecule has 0 aliphatic heterocycles. The highest BCUT2D eigenvalue weighted by Gasteiger charge is 2.12. The molecule has 25 heavy (non-hydrogen) atoms. The molecule has 2 aromatic heterocycles. The van der Waals surface area contributed by atoms with E-state index in [1.54, 1.807) is 42.6 Å². The number of pyridine rings is 1. The fourth-order valence-corrected chi connectivity index (χ4v) is 2.59. The van der Waals surface area contributed by atoms with Crippen LogP contribution in [0.2, 0.25) is 0 Å². The third kappa shape index (κ3) is 2.89. The van der Waals surface area contributed by atoms with Crippen LogP contribution in [0.5, 0.6) is 17.4 Å². The molecule has 0 saturated carbocycles. The first kappa shape index (κ1) is 15.1. The fourth-order valence-electron chi connectivity index (χ4n) is 2.59. The van der Waals surface area contributed by atoms with E-state index in [1.807, 2.05) is 18.2 Å². The lowest BCUT2D eigenvalue weighted by molar-refractivity contribution is 0.387. The largest absolute Gasteiger partial charge is 0.494 e. The standard InChI is InChI=1S/C19H14FN3O2/c1-24-17-6-2-4-14(19(17)20)15-5-3-7-18(22-15)25-13-9-8-12-11-21-23-16(12)10-13/h2-11H,1H3,(H,21,23). The van der Waals surface area contributed by atoms with E-state index >= 15 is 0 Å². The van der Waals surface area contributed by atoms with Gasteiger partial charge in [-0.25, -0.2) is 9.37 Å². The highest BCUT2D eigenvalue weighted by molar-refractivity contribution is 5.79. The van der Waals surface area contributed by atoms with Gasteiger partial charge in [0.05, 0.1) is 24.5 Å². The molecule has 4 aromatic rings. The van der Waals surface area contributed by atoms with Crippen molar-refractivity contribution in [2.45, 2.75) is 0 Å². The maximum absolute atomic E-state index is 14.4. The summed E-state index contributed by atoms with van der Waals surface area (Å²) >= 11 is 0. The van der Waals surface area contributed by atoms with Crippen LogP contribution in [-0.4, -0.2) is 22.3 Å². The summed E-state index contributed by atoms with van der Waals surface area (Å²) in [6.07, 6.45) is 1.74. The molecule has 2 aromatic carbocycles. The van der Waals surface area contributed by atoms with Gasteiger partial charge < -0.3 is 9.47 Å². The van der Waals surface area contributed by atoms with Crippen molar-refractivity contribution in [3.63, 3.8) is 0 Å². The summed E-state index contributed by atoms with van der Waals surface area (Å²) < 4.78 is 25.3. The van der Waals surface area contributed by atoms with Gasteiger partial charge in [0, 0.05) is 23.1 Å². The molecule has 1 N–H and O–H groups in total. The average molecular weight is 335 g/mol. The number of H-pyrrole nitrogens is 1. The summed E-state index contributed by atoms with van der Waals surface area (Å²) in [4.78, 5) is 4.40. The average Bonchev–Trinajstić information content (AvgIpc) is 3.10. The first-order valence-corrected chi connectivity index (χ1v) is 7.65. The third-order valence-electron chi connectivity index (χ3n) is 3.82. The Labute approximate surface area is 143 Å². The molecule has 0 saturated heterocycles. The zero-order valence-electron chi connectivity index (χ0n) is 13.4. The second kappa shape index (κ2) is 6.24. The van der Waals surface area contributed by atoms with Crippen LogP contribution < -0.4 is 9.47 Å². The maximum Gasteiger partial charge on any atom is 0.219 e. The minimum atomic E-state index is -0.450. The van der Waals surface area contributed by atoms with E-state index in [1.165, 1.54) is 7.11 Å². The number of ether oxygens (including phenoxy) is 2. The molecule has 0 aliphatic carbocycles. The van der Waals surface area contributed by atoms with E-state index in [2.05, 4.69) is 15.2 Å². The SMILES string of the molecule is COc1cccc(-c2cccc(Oc3ccc4cn[nH]c4c3)n2)c1F. The number of hydrogen-bond acceptors (Lipinski definition) is 4. The zero-order chi connectivity index (χ0) is 17.2. The van der Waals surface area contributed by atoms with E-state index in [0.29, 0.717) is 22.9 Å². The van der Waals surface area contributed by atoms with Gasteiger partial charge in [-0.2, -0.15) is 5.10 Å². The molecule has 0 spiro atoms. The van der Waals surface area contributed by atoms with Crippen LogP contribution in [0.25, 0.3) is 22.2 Å². The Morgan fingerprint density at radius 1 is 1.04 bits per heavy atom. The molecule has 0 atom stereocenters. The van der Waals surface area contributed by atoms with E-state index in [0.717, 1.165) is 10.9 Å². The highest BCUT2D eigenvalue weighted by atomic mass is 19.1. The molecule has 0 aliphatic rings. The summed E-state index contributed by atoms with van der Waals surface area (Å²) in [6, 6.07) is 15.7. The fraction of sp³-hybridized carbons (Fsp3) is 0.0526. The van der Waals surface area contributed by atoms with Crippen molar-refractivity contribution in [1.29, 1.82) is 0 Å². The van der Waals surface area contributed by atoms with Crippen molar-refractivity contribution >= 4 is 10.9 Å². The van der Waals surface area contributed by atoms with Gasteiger partial charge in [-0.15, -0.1) is 0 Å². The van der Waals surface area contributed by atoms with E-state index < -0.39 is 5.82 Å². The zero-order valence-corrected chi connectivity index (χ0v) is 13.4. The van der Waals surface area contributed by atoms with Gasteiger partial charge in [-0.1, -0.05) is 12.1 Å². The van der Waals surface area contributed by atoms with Crippen LogP contribution in [0.1, 0.15) is 0 Å². The van der Waals surface area contributed by atoms with Gasteiger partial charge in [0.2, 0.25) is 5.88 Å². The number of rotatable bonds is 4. The number of hydrogen-bond donors (Lipinski definition) is 1. The number of methoxy groups -OCH3 is 1. The number of nitrogens with zero attached hydrogens (tertiary/aromatic N) is 2. The summed E-state index contributed by atoms with van der Waals surface area (Å²) in [5.74, 6) is 0.718. The van der Waals surface area contributed by atoms with Crippen molar-refractivity contribution in [2.75, 3.05) is 7.11 Å². The lowest BCUT2D eigenvalue weighted by Crippen LogP contribution is -1.94. The lowest BCUT2D eigenvalue weighted by Gasteiger charge is -2.09. The molecular weight excluding hydrogens is 321 g/mol. The Balaban J connectivity index is 1.67. The Bertz CT molecular complexity index is 1050. The number of fused-ring (bicyclic) bond motifs is 1. The van der Waals surface area contributed by atoms with Crippen LogP contribution in [-0.2, 0) is 0 Å². The second-order valence-corrected chi connectivity index (χ2v) is 5.40. The van der Waals surface area contributed by atoms with Crippen molar-refractivity contribution in [2.24, 2.45) is 0 Å². The smallest absolute Gasteiger partial charge is 0.219 e. The molecule has 0 radical (unpaired) electrons. The van der Waals surface area contributed by atoms with Crippen LogP contribution in [0, 0.1) is 5.82 Å². The molecule has 5 nitrogen and oxygen atoms in total. The van der Waals surface area contributed by atoms with Crippen molar-refractivity contribution < 1.29 is 13.9 Å². The predicted octanol–water partition coefficient (Wildman–Crippen LogP) is 4.56. The maximum atomic E-state index is 14.4. The molecule has 6 heteroatoms. The van der Waals surface area contributed by atoms with Gasteiger partial charge in [0.25, 0.3) is 0 Å². The molecule has 124 valence electrons.